The van der Waals surface area contributed by atoms with Crippen molar-refractivity contribution in [2.45, 2.75) is 13.3 Å². The minimum Gasteiger partial charge on any atom is -0.398 e. The summed E-state index contributed by atoms with van der Waals surface area (Å²) in [5, 5.41) is 0. The van der Waals surface area contributed by atoms with Crippen molar-refractivity contribution in [2.24, 2.45) is 7.05 Å². The van der Waals surface area contributed by atoms with Crippen molar-refractivity contribution >= 4 is 11.5 Å². The summed E-state index contributed by atoms with van der Waals surface area (Å²) in [5.74, 6) is -0.367. The highest BCUT2D eigenvalue weighted by atomic mass is 19.1. The molecule has 0 saturated heterocycles. The molecular formula is C20H19FN2O. The predicted octanol–water partition coefficient (Wildman–Crippen LogP) is 3.88. The summed E-state index contributed by atoms with van der Waals surface area (Å²) in [6.07, 6.45) is 0.345. The van der Waals surface area contributed by atoms with Crippen molar-refractivity contribution in [3.8, 4) is 0 Å². The van der Waals surface area contributed by atoms with Gasteiger partial charge in [0.2, 0.25) is 5.78 Å². The number of ketones is 1. The Labute approximate surface area is 140 Å². The standard InChI is InChI=1S/C20H19FN2O/c1-13-11-15(12-16-17(21)9-6-10-18(16)22)23(2)19(13)20(24)14-7-4-3-5-8-14/h3-11H,12,22H2,1-2H3. The molecule has 0 aliphatic rings. The molecule has 0 unspecified atom stereocenters. The Morgan fingerprint density at radius 1 is 1.12 bits per heavy atom. The van der Waals surface area contributed by atoms with Gasteiger partial charge in [0.1, 0.15) is 5.82 Å². The number of rotatable bonds is 4. The Hall–Kier alpha value is -2.88. The van der Waals surface area contributed by atoms with Crippen LogP contribution < -0.4 is 5.73 Å². The molecule has 0 saturated carbocycles. The molecule has 1 heterocycles. The van der Waals surface area contributed by atoms with Crippen molar-refractivity contribution < 1.29 is 9.18 Å². The van der Waals surface area contributed by atoms with E-state index in [1.165, 1.54) is 6.07 Å². The van der Waals surface area contributed by atoms with Crippen LogP contribution in [0.1, 0.15) is 32.9 Å². The molecule has 3 nitrogen and oxygen atoms in total. The predicted molar refractivity (Wildman–Crippen MR) is 93.6 cm³/mol. The summed E-state index contributed by atoms with van der Waals surface area (Å²) < 4.78 is 15.9. The molecule has 0 aliphatic carbocycles. The van der Waals surface area contributed by atoms with E-state index in [1.807, 2.05) is 42.8 Å². The lowest BCUT2D eigenvalue weighted by molar-refractivity contribution is 0.103. The van der Waals surface area contributed by atoms with Crippen LogP contribution in [0.2, 0.25) is 0 Å². The number of benzene rings is 2. The van der Waals surface area contributed by atoms with Gasteiger partial charge in [-0.15, -0.1) is 0 Å². The van der Waals surface area contributed by atoms with Gasteiger partial charge < -0.3 is 10.3 Å². The van der Waals surface area contributed by atoms with E-state index in [-0.39, 0.29) is 11.6 Å². The zero-order chi connectivity index (χ0) is 17.3. The summed E-state index contributed by atoms with van der Waals surface area (Å²) in [6, 6.07) is 15.7. The Balaban J connectivity index is 2.00. The fourth-order valence-electron chi connectivity index (χ4n) is 2.99. The van der Waals surface area contributed by atoms with E-state index in [0.29, 0.717) is 28.9 Å². The average molecular weight is 322 g/mol. The van der Waals surface area contributed by atoms with Gasteiger partial charge in [-0.3, -0.25) is 4.79 Å². The van der Waals surface area contributed by atoms with Gasteiger partial charge in [0.15, 0.2) is 0 Å². The summed E-state index contributed by atoms with van der Waals surface area (Å²) in [7, 11) is 1.83. The Bertz CT molecular complexity index is 877. The van der Waals surface area contributed by atoms with Gasteiger partial charge in [-0.1, -0.05) is 36.4 Å². The summed E-state index contributed by atoms with van der Waals surface area (Å²) in [4.78, 5) is 12.8. The minimum atomic E-state index is -0.329. The molecule has 3 aromatic rings. The highest BCUT2D eigenvalue weighted by molar-refractivity contribution is 6.09. The number of nitrogens with zero attached hydrogens (tertiary/aromatic N) is 1. The van der Waals surface area contributed by atoms with E-state index >= 15 is 0 Å². The molecule has 3 rings (SSSR count). The monoisotopic (exact) mass is 322 g/mol. The van der Waals surface area contributed by atoms with Crippen LogP contribution in [-0.2, 0) is 13.5 Å². The number of nitrogen functional groups attached to an aromatic ring is 1. The molecule has 2 N–H and O–H groups in total. The summed E-state index contributed by atoms with van der Waals surface area (Å²) in [5.41, 5.74) is 9.75. The van der Waals surface area contributed by atoms with Crippen molar-refractivity contribution in [1.29, 1.82) is 0 Å². The first kappa shape index (κ1) is 16.0. The SMILES string of the molecule is Cc1cc(Cc2c(N)cccc2F)n(C)c1C(=O)c1ccccc1. The third-order valence-electron chi connectivity index (χ3n) is 4.29. The normalized spacial score (nSPS) is 10.8. The Kier molecular flexibility index (Phi) is 4.21. The number of hydrogen-bond donors (Lipinski definition) is 1. The van der Waals surface area contributed by atoms with Crippen molar-refractivity contribution in [3.63, 3.8) is 0 Å². The maximum absolute atomic E-state index is 14.0. The molecular weight excluding hydrogens is 303 g/mol. The molecule has 122 valence electrons. The molecule has 0 aliphatic heterocycles. The molecule has 0 bridgehead atoms. The number of aromatic nitrogens is 1. The van der Waals surface area contributed by atoms with Gasteiger partial charge in [-0.25, -0.2) is 4.39 Å². The van der Waals surface area contributed by atoms with Crippen molar-refractivity contribution in [2.75, 3.05) is 5.73 Å². The van der Waals surface area contributed by atoms with E-state index < -0.39 is 0 Å². The Morgan fingerprint density at radius 2 is 1.83 bits per heavy atom. The zero-order valence-electron chi connectivity index (χ0n) is 13.7. The van der Waals surface area contributed by atoms with E-state index in [9.17, 15) is 9.18 Å². The molecule has 0 atom stereocenters. The fraction of sp³-hybridized carbons (Fsp3) is 0.150. The highest BCUT2D eigenvalue weighted by Crippen LogP contribution is 2.24. The van der Waals surface area contributed by atoms with Crippen LogP contribution in [0, 0.1) is 12.7 Å². The van der Waals surface area contributed by atoms with Crippen LogP contribution in [0.4, 0.5) is 10.1 Å². The van der Waals surface area contributed by atoms with Gasteiger partial charge in [0.25, 0.3) is 0 Å². The number of nitrogens with two attached hydrogens (primary N) is 1. The van der Waals surface area contributed by atoms with Crippen LogP contribution in [0.25, 0.3) is 0 Å². The first-order valence-corrected chi connectivity index (χ1v) is 7.77. The lowest BCUT2D eigenvalue weighted by atomic mass is 10.1. The average Bonchev–Trinajstić information content (AvgIpc) is 2.85. The molecule has 0 amide bonds. The van der Waals surface area contributed by atoms with E-state index in [0.717, 1.165) is 11.3 Å². The highest BCUT2D eigenvalue weighted by Gasteiger charge is 2.19. The lowest BCUT2D eigenvalue weighted by Crippen LogP contribution is -2.11. The first-order chi connectivity index (χ1) is 11.5. The molecule has 0 radical (unpaired) electrons. The molecule has 1 aromatic heterocycles. The second-order valence-corrected chi connectivity index (χ2v) is 5.91. The molecule has 2 aromatic carbocycles. The largest absolute Gasteiger partial charge is 0.398 e. The number of carbonyl (C=O) groups is 1. The second-order valence-electron chi connectivity index (χ2n) is 5.91. The zero-order valence-corrected chi connectivity index (χ0v) is 13.7. The molecule has 24 heavy (non-hydrogen) atoms. The van der Waals surface area contributed by atoms with E-state index in [2.05, 4.69) is 0 Å². The number of carbonyl (C=O) groups excluding carboxylic acids is 1. The molecule has 0 spiro atoms. The van der Waals surface area contributed by atoms with E-state index in [4.69, 9.17) is 5.73 Å². The minimum absolute atomic E-state index is 0.0386. The van der Waals surface area contributed by atoms with Gasteiger partial charge in [-0.2, -0.15) is 0 Å². The molecule has 0 fully saturated rings. The van der Waals surface area contributed by atoms with Gasteiger partial charge >= 0.3 is 0 Å². The third-order valence-corrected chi connectivity index (χ3v) is 4.29. The maximum atomic E-state index is 14.0. The van der Waals surface area contributed by atoms with Gasteiger partial charge in [0, 0.05) is 36.0 Å². The van der Waals surface area contributed by atoms with Crippen molar-refractivity contribution in [3.05, 3.63) is 88.5 Å². The van der Waals surface area contributed by atoms with Crippen LogP contribution in [0.3, 0.4) is 0 Å². The van der Waals surface area contributed by atoms with Crippen LogP contribution in [0.15, 0.2) is 54.6 Å². The van der Waals surface area contributed by atoms with E-state index in [1.54, 1.807) is 24.3 Å². The third kappa shape index (κ3) is 2.83. The second kappa shape index (κ2) is 6.32. The van der Waals surface area contributed by atoms with Crippen molar-refractivity contribution in [1.82, 2.24) is 4.57 Å². The summed E-state index contributed by atoms with van der Waals surface area (Å²) >= 11 is 0. The van der Waals surface area contributed by atoms with Gasteiger partial charge in [-0.05, 0) is 30.7 Å². The van der Waals surface area contributed by atoms with Crippen LogP contribution in [-0.4, -0.2) is 10.4 Å². The maximum Gasteiger partial charge on any atom is 0.209 e. The first-order valence-electron chi connectivity index (χ1n) is 7.77. The molecule has 4 heteroatoms. The summed E-state index contributed by atoms with van der Waals surface area (Å²) in [6.45, 7) is 1.89. The number of hydrogen-bond acceptors (Lipinski definition) is 2. The van der Waals surface area contributed by atoms with Crippen LogP contribution in [0.5, 0.6) is 0 Å². The number of anilines is 1. The lowest BCUT2D eigenvalue weighted by Gasteiger charge is -2.10. The van der Waals surface area contributed by atoms with Gasteiger partial charge in [0.05, 0.1) is 5.69 Å². The quantitative estimate of drug-likeness (QED) is 0.585. The Morgan fingerprint density at radius 3 is 2.50 bits per heavy atom. The van der Waals surface area contributed by atoms with Crippen LogP contribution >= 0.6 is 0 Å². The number of aryl methyl sites for hydroxylation is 1. The topological polar surface area (TPSA) is 48.0 Å². The smallest absolute Gasteiger partial charge is 0.209 e. The number of halogens is 1. The fourth-order valence-corrected chi connectivity index (χ4v) is 2.99.